The Morgan fingerprint density at radius 3 is 2.67 bits per heavy atom. The lowest BCUT2D eigenvalue weighted by Crippen LogP contribution is -2.28. The molecule has 30 heavy (non-hydrogen) atoms. The number of rotatable bonds is 9. The number of benzene rings is 1. The van der Waals surface area contributed by atoms with E-state index >= 15 is 0 Å². The van der Waals surface area contributed by atoms with Gasteiger partial charge in [-0.1, -0.05) is 38.1 Å². The van der Waals surface area contributed by atoms with E-state index in [2.05, 4.69) is 39.7 Å². The van der Waals surface area contributed by atoms with E-state index in [0.717, 1.165) is 23.2 Å². The van der Waals surface area contributed by atoms with Crippen molar-refractivity contribution in [1.82, 2.24) is 15.3 Å². The highest BCUT2D eigenvalue weighted by Crippen LogP contribution is 2.26. The van der Waals surface area contributed by atoms with Crippen molar-refractivity contribution >= 4 is 17.4 Å². The van der Waals surface area contributed by atoms with Gasteiger partial charge in [0.1, 0.15) is 12.0 Å². The molecule has 1 amide bonds. The van der Waals surface area contributed by atoms with Crippen LogP contribution < -0.4 is 10.6 Å². The number of carbonyl (C=O) groups is 2. The van der Waals surface area contributed by atoms with E-state index in [1.165, 1.54) is 5.56 Å². The van der Waals surface area contributed by atoms with Crippen LogP contribution in [0, 0.1) is 6.92 Å². The smallest absolute Gasteiger partial charge is 0.238 e. The van der Waals surface area contributed by atoms with Gasteiger partial charge in [-0.15, -0.1) is 0 Å². The van der Waals surface area contributed by atoms with Crippen molar-refractivity contribution in [2.24, 2.45) is 0 Å². The van der Waals surface area contributed by atoms with Gasteiger partial charge >= 0.3 is 0 Å². The van der Waals surface area contributed by atoms with E-state index in [1.54, 1.807) is 25.5 Å². The quantitative estimate of drug-likeness (QED) is 0.523. The van der Waals surface area contributed by atoms with Gasteiger partial charge in [0.05, 0.1) is 24.5 Å². The average molecular weight is 406 g/mol. The summed E-state index contributed by atoms with van der Waals surface area (Å²) >= 11 is 0. The summed E-state index contributed by atoms with van der Waals surface area (Å²) in [5, 5.41) is 5.81. The van der Waals surface area contributed by atoms with E-state index < -0.39 is 0 Å². The molecule has 156 valence electrons. The molecule has 0 unspecified atom stereocenters. The summed E-state index contributed by atoms with van der Waals surface area (Å²) in [5.41, 5.74) is 4.51. The molecule has 0 spiro atoms. The zero-order chi connectivity index (χ0) is 21.5. The van der Waals surface area contributed by atoms with Gasteiger partial charge in [0.15, 0.2) is 5.78 Å². The van der Waals surface area contributed by atoms with Crippen molar-refractivity contribution in [3.63, 3.8) is 0 Å². The number of Topliss-reactive ketones (excluding diaryl/α,β-unsaturated/α-hetero) is 1. The second-order valence-electron chi connectivity index (χ2n) is 6.99. The van der Waals surface area contributed by atoms with E-state index in [1.807, 2.05) is 19.1 Å². The fourth-order valence-corrected chi connectivity index (χ4v) is 3.04. The maximum Gasteiger partial charge on any atom is 0.238 e. The Morgan fingerprint density at radius 2 is 1.97 bits per heavy atom. The monoisotopic (exact) mass is 406 g/mol. The highest BCUT2D eigenvalue weighted by Gasteiger charge is 2.15. The number of aromatic nitrogens is 2. The van der Waals surface area contributed by atoms with Crippen LogP contribution in [0.4, 0.5) is 5.69 Å². The molecule has 0 aliphatic rings. The molecule has 3 aromatic rings. The molecular weight excluding hydrogens is 380 g/mol. The Kier molecular flexibility index (Phi) is 7.08. The molecule has 1 aromatic carbocycles. The van der Waals surface area contributed by atoms with Gasteiger partial charge in [-0.05, 0) is 30.5 Å². The SMILES string of the molecule is CCC(=O)c1ncc(-c2cccc(CC)c2)cc1NC(=O)CNCc1nc(C)co1. The van der Waals surface area contributed by atoms with Gasteiger partial charge in [0, 0.05) is 18.2 Å². The minimum Gasteiger partial charge on any atom is -0.447 e. The number of aryl methyl sites for hydroxylation is 2. The fraction of sp³-hybridized carbons (Fsp3) is 0.304. The maximum atomic E-state index is 12.5. The van der Waals surface area contributed by atoms with Crippen LogP contribution in [-0.4, -0.2) is 28.2 Å². The van der Waals surface area contributed by atoms with Crippen molar-refractivity contribution < 1.29 is 14.0 Å². The number of amides is 1. The summed E-state index contributed by atoms with van der Waals surface area (Å²) in [6, 6.07) is 9.94. The Balaban J connectivity index is 1.76. The van der Waals surface area contributed by atoms with Crippen molar-refractivity contribution in [2.45, 2.75) is 40.2 Å². The number of nitrogens with one attached hydrogen (secondary N) is 2. The van der Waals surface area contributed by atoms with E-state index in [-0.39, 0.29) is 23.9 Å². The van der Waals surface area contributed by atoms with Gasteiger partial charge < -0.3 is 9.73 Å². The molecule has 2 N–H and O–H groups in total. The lowest BCUT2D eigenvalue weighted by molar-refractivity contribution is -0.115. The Morgan fingerprint density at radius 1 is 1.13 bits per heavy atom. The highest BCUT2D eigenvalue weighted by atomic mass is 16.3. The minimum atomic E-state index is -0.273. The first-order valence-corrected chi connectivity index (χ1v) is 10.0. The normalized spacial score (nSPS) is 10.8. The van der Waals surface area contributed by atoms with Crippen LogP contribution in [0.25, 0.3) is 11.1 Å². The molecule has 0 saturated heterocycles. The molecule has 0 aliphatic carbocycles. The second-order valence-corrected chi connectivity index (χ2v) is 6.99. The zero-order valence-electron chi connectivity index (χ0n) is 17.5. The van der Waals surface area contributed by atoms with Crippen LogP contribution in [0.1, 0.15) is 47.9 Å². The second kappa shape index (κ2) is 9.93. The minimum absolute atomic E-state index is 0.0523. The molecule has 0 radical (unpaired) electrons. The predicted octanol–water partition coefficient (Wildman–Crippen LogP) is 3.93. The fourth-order valence-electron chi connectivity index (χ4n) is 3.04. The van der Waals surface area contributed by atoms with Crippen LogP contribution in [0.5, 0.6) is 0 Å². The van der Waals surface area contributed by atoms with Crippen LogP contribution in [-0.2, 0) is 17.8 Å². The number of carbonyl (C=O) groups excluding carboxylic acids is 2. The number of nitrogens with zero attached hydrogens (tertiary/aromatic N) is 2. The zero-order valence-corrected chi connectivity index (χ0v) is 17.5. The standard InChI is InChI=1S/C23H26N4O3/c1-4-16-7-6-8-17(9-16)18-10-19(23(25-11-18)20(28)5-2)27-21(29)12-24-13-22-26-15(3)14-30-22/h6-11,14,24H,4-5,12-13H2,1-3H3,(H,27,29). The highest BCUT2D eigenvalue weighted by molar-refractivity contribution is 6.04. The van der Waals surface area contributed by atoms with Crippen LogP contribution >= 0.6 is 0 Å². The molecule has 2 aromatic heterocycles. The van der Waals surface area contributed by atoms with Crippen LogP contribution in [0.2, 0.25) is 0 Å². The summed E-state index contributed by atoms with van der Waals surface area (Å²) in [7, 11) is 0. The number of ketones is 1. The van der Waals surface area contributed by atoms with E-state index in [0.29, 0.717) is 24.5 Å². The number of oxazole rings is 1. The van der Waals surface area contributed by atoms with Crippen LogP contribution in [0.3, 0.4) is 0 Å². The molecule has 7 nitrogen and oxygen atoms in total. The lowest BCUT2D eigenvalue weighted by atomic mass is 10.0. The summed E-state index contributed by atoms with van der Waals surface area (Å²) in [4.78, 5) is 33.3. The number of hydrogen-bond donors (Lipinski definition) is 2. The summed E-state index contributed by atoms with van der Waals surface area (Å²) in [5.74, 6) is 0.119. The molecule has 0 aliphatic heterocycles. The van der Waals surface area contributed by atoms with Gasteiger partial charge in [-0.25, -0.2) is 4.98 Å². The lowest BCUT2D eigenvalue weighted by Gasteiger charge is -2.12. The Labute approximate surface area is 175 Å². The van der Waals surface area contributed by atoms with Crippen molar-refractivity contribution in [2.75, 3.05) is 11.9 Å². The van der Waals surface area contributed by atoms with Gasteiger partial charge in [-0.2, -0.15) is 0 Å². The summed E-state index contributed by atoms with van der Waals surface area (Å²) in [6.45, 7) is 6.09. The Bertz CT molecular complexity index is 1040. The first kappa shape index (κ1) is 21.4. The Hall–Kier alpha value is -3.32. The maximum absolute atomic E-state index is 12.5. The molecule has 0 saturated carbocycles. The van der Waals surface area contributed by atoms with Gasteiger partial charge in [-0.3, -0.25) is 19.9 Å². The van der Waals surface area contributed by atoms with Crippen molar-refractivity contribution in [3.8, 4) is 11.1 Å². The van der Waals surface area contributed by atoms with Gasteiger partial charge in [0.2, 0.25) is 11.8 Å². The predicted molar refractivity (Wildman–Crippen MR) is 115 cm³/mol. The largest absolute Gasteiger partial charge is 0.447 e. The third-order valence-corrected chi connectivity index (χ3v) is 4.64. The summed E-state index contributed by atoms with van der Waals surface area (Å²) in [6.07, 6.45) is 4.47. The number of hydrogen-bond acceptors (Lipinski definition) is 6. The average Bonchev–Trinajstić information content (AvgIpc) is 3.18. The third-order valence-electron chi connectivity index (χ3n) is 4.64. The molecule has 0 atom stereocenters. The summed E-state index contributed by atoms with van der Waals surface area (Å²) < 4.78 is 5.25. The number of anilines is 1. The molecule has 2 heterocycles. The molecule has 0 fully saturated rings. The molecular formula is C23H26N4O3. The van der Waals surface area contributed by atoms with Gasteiger partial charge in [0.25, 0.3) is 0 Å². The van der Waals surface area contributed by atoms with Crippen molar-refractivity contribution in [1.29, 1.82) is 0 Å². The van der Waals surface area contributed by atoms with E-state index in [9.17, 15) is 9.59 Å². The topological polar surface area (TPSA) is 97.1 Å². The molecule has 7 heteroatoms. The first-order valence-electron chi connectivity index (χ1n) is 10.0. The molecule has 0 bridgehead atoms. The van der Waals surface area contributed by atoms with Crippen molar-refractivity contribution in [3.05, 3.63) is 65.6 Å². The molecule has 3 rings (SSSR count). The third kappa shape index (κ3) is 5.39. The van der Waals surface area contributed by atoms with E-state index in [4.69, 9.17) is 4.42 Å². The van der Waals surface area contributed by atoms with Crippen LogP contribution in [0.15, 0.2) is 47.2 Å². The number of pyridine rings is 1. The first-order chi connectivity index (χ1) is 14.5.